The maximum Gasteiger partial charge on any atom is 0.200 e. The zero-order valence-electron chi connectivity index (χ0n) is 10.7. The van der Waals surface area contributed by atoms with Crippen molar-refractivity contribution >= 4 is 27.8 Å². The van der Waals surface area contributed by atoms with Crippen LogP contribution in [-0.4, -0.2) is 25.0 Å². The van der Waals surface area contributed by atoms with Gasteiger partial charge in [-0.25, -0.2) is 9.97 Å². The molecule has 4 aromatic rings. The molecule has 4 aromatic heterocycles. The highest BCUT2D eigenvalue weighted by Crippen LogP contribution is 2.43. The van der Waals surface area contributed by atoms with Crippen molar-refractivity contribution < 1.29 is 5.11 Å². The summed E-state index contributed by atoms with van der Waals surface area (Å²) in [6, 6.07) is 7.05. The van der Waals surface area contributed by atoms with Crippen molar-refractivity contribution in [3.05, 3.63) is 41.6 Å². The van der Waals surface area contributed by atoms with Crippen LogP contribution in [0.4, 0.5) is 5.69 Å². The number of nitroso groups, excluding NO2 is 1. The first-order valence-corrected chi connectivity index (χ1v) is 6.25. The number of fused-ring (bicyclic) bond motifs is 2. The molecule has 0 fully saturated rings. The van der Waals surface area contributed by atoms with Gasteiger partial charge in [-0.3, -0.25) is 0 Å². The number of aromatic hydroxyl groups is 1. The number of hydrogen-bond donors (Lipinski definition) is 3. The Morgan fingerprint density at radius 2 is 1.67 bits per heavy atom. The van der Waals surface area contributed by atoms with E-state index in [1.807, 2.05) is 0 Å². The number of hydrogen-bond acceptors (Lipinski definition) is 5. The fraction of sp³-hybridized carbons (Fsp3) is 0. The first-order chi connectivity index (χ1) is 10.3. The van der Waals surface area contributed by atoms with E-state index >= 15 is 0 Å². The normalized spacial score (nSPS) is 11.2. The van der Waals surface area contributed by atoms with Crippen molar-refractivity contribution in [3.63, 3.8) is 0 Å². The van der Waals surface area contributed by atoms with Gasteiger partial charge in [-0.2, -0.15) is 0 Å². The Balaban J connectivity index is 2.13. The maximum absolute atomic E-state index is 11.2. The molecule has 0 unspecified atom stereocenters. The summed E-state index contributed by atoms with van der Waals surface area (Å²) in [4.78, 5) is 25.4. The van der Waals surface area contributed by atoms with Gasteiger partial charge in [-0.15, -0.1) is 4.91 Å². The smallest absolute Gasteiger partial charge is 0.200 e. The molecule has 0 aromatic carbocycles. The van der Waals surface area contributed by atoms with Crippen LogP contribution in [0.2, 0.25) is 0 Å². The van der Waals surface area contributed by atoms with Gasteiger partial charge in [0, 0.05) is 23.2 Å². The second-order valence-corrected chi connectivity index (χ2v) is 4.59. The van der Waals surface area contributed by atoms with Crippen LogP contribution in [0.25, 0.3) is 33.3 Å². The van der Waals surface area contributed by atoms with Gasteiger partial charge in [0.25, 0.3) is 0 Å². The fourth-order valence-electron chi connectivity index (χ4n) is 2.55. The van der Waals surface area contributed by atoms with E-state index in [-0.39, 0.29) is 11.6 Å². The molecule has 0 radical (unpaired) electrons. The third-order valence-electron chi connectivity index (χ3n) is 3.43. The van der Waals surface area contributed by atoms with Crippen molar-refractivity contribution in [3.8, 4) is 17.1 Å². The molecule has 0 aliphatic carbocycles. The van der Waals surface area contributed by atoms with E-state index in [4.69, 9.17) is 0 Å². The Morgan fingerprint density at radius 3 is 2.38 bits per heavy atom. The summed E-state index contributed by atoms with van der Waals surface area (Å²) in [7, 11) is 0. The summed E-state index contributed by atoms with van der Waals surface area (Å²) in [5.41, 5.74) is 2.19. The van der Waals surface area contributed by atoms with Gasteiger partial charge < -0.3 is 15.1 Å². The fourth-order valence-corrected chi connectivity index (χ4v) is 2.55. The molecule has 7 heteroatoms. The third kappa shape index (κ3) is 1.54. The summed E-state index contributed by atoms with van der Waals surface area (Å²) in [5.74, 6) is -0.0693. The highest BCUT2D eigenvalue weighted by molar-refractivity contribution is 6.05. The molecule has 3 N–H and O–H groups in total. The maximum atomic E-state index is 11.2. The molecule has 0 spiro atoms. The zero-order chi connectivity index (χ0) is 14.4. The lowest BCUT2D eigenvalue weighted by Crippen LogP contribution is -1.78. The van der Waals surface area contributed by atoms with Crippen molar-refractivity contribution in [1.29, 1.82) is 0 Å². The van der Waals surface area contributed by atoms with Gasteiger partial charge in [0.15, 0.2) is 5.88 Å². The van der Waals surface area contributed by atoms with E-state index in [2.05, 4.69) is 25.1 Å². The Morgan fingerprint density at radius 1 is 1.00 bits per heavy atom. The minimum Gasteiger partial charge on any atom is -0.494 e. The number of aromatic nitrogens is 4. The second-order valence-electron chi connectivity index (χ2n) is 4.59. The van der Waals surface area contributed by atoms with Crippen LogP contribution in [0.3, 0.4) is 0 Å². The van der Waals surface area contributed by atoms with Crippen LogP contribution in [-0.2, 0) is 0 Å². The summed E-state index contributed by atoms with van der Waals surface area (Å²) < 4.78 is 0. The summed E-state index contributed by atoms with van der Waals surface area (Å²) in [6.45, 7) is 0. The van der Waals surface area contributed by atoms with Crippen LogP contribution in [0.15, 0.2) is 41.8 Å². The number of rotatable bonds is 2. The highest BCUT2D eigenvalue weighted by atomic mass is 16.3. The van der Waals surface area contributed by atoms with Crippen molar-refractivity contribution in [2.75, 3.05) is 0 Å². The first-order valence-electron chi connectivity index (χ1n) is 6.25. The van der Waals surface area contributed by atoms with E-state index in [1.165, 1.54) is 0 Å². The molecule has 21 heavy (non-hydrogen) atoms. The topological polar surface area (TPSA) is 107 Å². The molecule has 102 valence electrons. The quantitative estimate of drug-likeness (QED) is 0.489. The average Bonchev–Trinajstić information content (AvgIpc) is 3.02. The molecule has 0 aliphatic heterocycles. The van der Waals surface area contributed by atoms with Crippen LogP contribution in [0.1, 0.15) is 0 Å². The van der Waals surface area contributed by atoms with Crippen molar-refractivity contribution in [1.82, 2.24) is 19.9 Å². The molecular formula is C14H9N5O2. The summed E-state index contributed by atoms with van der Waals surface area (Å²) >= 11 is 0. The van der Waals surface area contributed by atoms with E-state index < -0.39 is 0 Å². The lowest BCUT2D eigenvalue weighted by molar-refractivity contribution is 0.460. The largest absolute Gasteiger partial charge is 0.494 e. The minimum absolute atomic E-state index is 0.0693. The van der Waals surface area contributed by atoms with Gasteiger partial charge in [-0.05, 0) is 29.4 Å². The Labute approximate surface area is 117 Å². The standard InChI is InChI=1S/C14H9N5O2/c20-14-9(7-3-1-5-15-12(7)18-14)11-10(19-21)8-4-2-6-16-13(8)17-11/h1-6,20H,(H,15,18)(H,16,17). The molecule has 0 aliphatic rings. The average molecular weight is 279 g/mol. The summed E-state index contributed by atoms with van der Waals surface area (Å²) in [6.07, 6.45) is 3.24. The number of nitrogens with one attached hydrogen (secondary N) is 2. The monoisotopic (exact) mass is 279 g/mol. The van der Waals surface area contributed by atoms with Crippen molar-refractivity contribution in [2.24, 2.45) is 5.18 Å². The lowest BCUT2D eigenvalue weighted by Gasteiger charge is -1.97. The van der Waals surface area contributed by atoms with Gasteiger partial charge in [0.05, 0.1) is 11.3 Å². The zero-order valence-corrected chi connectivity index (χ0v) is 10.7. The number of nitrogens with zero attached hydrogens (tertiary/aromatic N) is 3. The number of pyridine rings is 2. The number of H-pyrrole nitrogens is 2. The Bertz CT molecular complexity index is 986. The molecular weight excluding hydrogens is 270 g/mol. The van der Waals surface area contributed by atoms with Gasteiger partial charge in [-0.1, -0.05) is 0 Å². The highest BCUT2D eigenvalue weighted by Gasteiger charge is 2.21. The van der Waals surface area contributed by atoms with Crippen LogP contribution in [0, 0.1) is 4.91 Å². The van der Waals surface area contributed by atoms with Gasteiger partial charge in [0.2, 0.25) is 0 Å². The van der Waals surface area contributed by atoms with E-state index in [0.717, 1.165) is 0 Å². The minimum atomic E-state index is -0.0693. The molecule has 0 saturated carbocycles. The number of aromatic amines is 2. The second kappa shape index (κ2) is 4.14. The van der Waals surface area contributed by atoms with Gasteiger partial charge >= 0.3 is 0 Å². The Hall–Kier alpha value is -3.22. The predicted molar refractivity (Wildman–Crippen MR) is 78.3 cm³/mol. The van der Waals surface area contributed by atoms with Gasteiger partial charge in [0.1, 0.15) is 17.0 Å². The van der Waals surface area contributed by atoms with E-state index in [1.54, 1.807) is 36.7 Å². The Kier molecular flexibility index (Phi) is 2.28. The third-order valence-corrected chi connectivity index (χ3v) is 3.43. The molecule has 0 saturated heterocycles. The van der Waals surface area contributed by atoms with E-state index in [9.17, 15) is 10.0 Å². The predicted octanol–water partition coefficient (Wildman–Crippen LogP) is 3.21. The first kappa shape index (κ1) is 11.6. The summed E-state index contributed by atoms with van der Waals surface area (Å²) in [5, 5.41) is 14.6. The molecule has 0 bridgehead atoms. The van der Waals surface area contributed by atoms with Crippen LogP contribution in [0.5, 0.6) is 5.88 Å². The van der Waals surface area contributed by atoms with Crippen molar-refractivity contribution in [2.45, 2.75) is 0 Å². The molecule has 0 atom stereocenters. The molecule has 4 heterocycles. The van der Waals surface area contributed by atoms with Crippen LogP contribution < -0.4 is 0 Å². The molecule has 7 nitrogen and oxygen atoms in total. The SMILES string of the molecule is O=Nc1c(-c2c(O)[nH]c3ncccc23)[nH]c2ncccc12. The molecule has 0 amide bonds. The van der Waals surface area contributed by atoms with E-state index in [0.29, 0.717) is 33.3 Å². The molecule has 4 rings (SSSR count). The van der Waals surface area contributed by atoms with Crippen LogP contribution >= 0.6 is 0 Å². The lowest BCUT2D eigenvalue weighted by atomic mass is 10.1.